The Balaban J connectivity index is 1.56. The van der Waals surface area contributed by atoms with Crippen LogP contribution in [0.3, 0.4) is 0 Å². The molecule has 0 aliphatic rings. The summed E-state index contributed by atoms with van der Waals surface area (Å²) in [5.74, 6) is -0.127. The van der Waals surface area contributed by atoms with Crippen molar-refractivity contribution in [3.8, 4) is 11.1 Å². The van der Waals surface area contributed by atoms with Gasteiger partial charge in [0.1, 0.15) is 0 Å². The van der Waals surface area contributed by atoms with Crippen molar-refractivity contribution < 1.29 is 4.79 Å². The molecule has 118 valence electrons. The largest absolute Gasteiger partial charge is 0.273 e. The summed E-state index contributed by atoms with van der Waals surface area (Å²) in [6.45, 7) is 0. The Hall–Kier alpha value is -3.20. The number of carbonyl (C=O) groups excluding carboxylic acids is 1. The van der Waals surface area contributed by atoms with Gasteiger partial charge in [0.05, 0.1) is 12.6 Å². The van der Waals surface area contributed by atoms with Gasteiger partial charge in [0.15, 0.2) is 0 Å². The summed E-state index contributed by atoms with van der Waals surface area (Å²) >= 11 is 0. The summed E-state index contributed by atoms with van der Waals surface area (Å²) in [4.78, 5) is 11.8. The van der Waals surface area contributed by atoms with Crippen LogP contribution in [0.5, 0.6) is 0 Å². The van der Waals surface area contributed by atoms with E-state index in [9.17, 15) is 4.79 Å². The van der Waals surface area contributed by atoms with Crippen molar-refractivity contribution in [1.29, 1.82) is 0 Å². The third kappa shape index (κ3) is 4.40. The lowest BCUT2D eigenvalue weighted by molar-refractivity contribution is -0.120. The van der Waals surface area contributed by atoms with Gasteiger partial charge in [-0.15, -0.1) is 0 Å². The van der Waals surface area contributed by atoms with Crippen molar-refractivity contribution in [3.05, 3.63) is 96.1 Å². The normalized spacial score (nSPS) is 10.7. The molecule has 0 atom stereocenters. The molecular weight excluding hydrogens is 296 g/mol. The van der Waals surface area contributed by atoms with Crippen LogP contribution in [0.2, 0.25) is 0 Å². The van der Waals surface area contributed by atoms with Crippen molar-refractivity contribution in [1.82, 2.24) is 5.43 Å². The van der Waals surface area contributed by atoms with Crippen molar-refractivity contribution in [2.75, 3.05) is 0 Å². The Morgan fingerprint density at radius 2 is 1.38 bits per heavy atom. The number of carbonyl (C=O) groups is 1. The molecule has 3 aromatic carbocycles. The van der Waals surface area contributed by atoms with Crippen LogP contribution in [0.1, 0.15) is 11.1 Å². The zero-order chi connectivity index (χ0) is 16.6. The molecular formula is C21H18N2O. The van der Waals surface area contributed by atoms with E-state index in [1.165, 1.54) is 5.56 Å². The minimum Gasteiger partial charge on any atom is -0.273 e. The van der Waals surface area contributed by atoms with Crippen LogP contribution < -0.4 is 5.43 Å². The fraction of sp³-hybridized carbons (Fsp3) is 0.0476. The van der Waals surface area contributed by atoms with Gasteiger partial charge in [0.2, 0.25) is 5.91 Å². The summed E-state index contributed by atoms with van der Waals surface area (Å²) in [6.07, 6.45) is 1.97. The Morgan fingerprint density at radius 1 is 0.792 bits per heavy atom. The van der Waals surface area contributed by atoms with Crippen molar-refractivity contribution in [2.45, 2.75) is 6.42 Å². The first-order chi connectivity index (χ1) is 11.8. The van der Waals surface area contributed by atoms with Gasteiger partial charge >= 0.3 is 0 Å². The maximum atomic E-state index is 11.8. The van der Waals surface area contributed by atoms with Crippen LogP contribution in [-0.2, 0) is 11.2 Å². The summed E-state index contributed by atoms with van der Waals surface area (Å²) in [6, 6.07) is 27.9. The van der Waals surface area contributed by atoms with Gasteiger partial charge in [0.25, 0.3) is 0 Å². The monoisotopic (exact) mass is 314 g/mol. The van der Waals surface area contributed by atoms with Crippen molar-refractivity contribution in [3.63, 3.8) is 0 Å². The van der Waals surface area contributed by atoms with Gasteiger partial charge in [-0.3, -0.25) is 4.79 Å². The van der Waals surface area contributed by atoms with E-state index in [4.69, 9.17) is 0 Å². The molecule has 0 fully saturated rings. The van der Waals surface area contributed by atoms with Gasteiger partial charge in [-0.05, 0) is 22.3 Å². The Labute approximate surface area is 141 Å². The smallest absolute Gasteiger partial charge is 0.244 e. The van der Waals surface area contributed by atoms with Gasteiger partial charge in [-0.25, -0.2) is 5.43 Å². The van der Waals surface area contributed by atoms with E-state index < -0.39 is 0 Å². The molecule has 3 heteroatoms. The summed E-state index contributed by atoms with van der Waals surface area (Å²) < 4.78 is 0. The number of amides is 1. The predicted octanol–water partition coefficient (Wildman–Crippen LogP) is 4.05. The first-order valence-corrected chi connectivity index (χ1v) is 7.82. The van der Waals surface area contributed by atoms with Crippen LogP contribution in [0, 0.1) is 0 Å². The second kappa shape index (κ2) is 7.88. The fourth-order valence-electron chi connectivity index (χ4n) is 2.39. The van der Waals surface area contributed by atoms with Gasteiger partial charge in [0, 0.05) is 0 Å². The average Bonchev–Trinajstić information content (AvgIpc) is 2.64. The molecule has 24 heavy (non-hydrogen) atoms. The number of benzene rings is 3. The van der Waals surface area contributed by atoms with E-state index in [2.05, 4.69) is 22.7 Å². The number of hydrogen-bond donors (Lipinski definition) is 1. The topological polar surface area (TPSA) is 41.5 Å². The zero-order valence-electron chi connectivity index (χ0n) is 13.2. The third-order valence-electron chi connectivity index (χ3n) is 3.63. The lowest BCUT2D eigenvalue weighted by Gasteiger charge is -2.02. The predicted molar refractivity (Wildman–Crippen MR) is 97.8 cm³/mol. The molecule has 1 amide bonds. The Bertz CT molecular complexity index is 809. The second-order valence-electron chi connectivity index (χ2n) is 5.44. The van der Waals surface area contributed by atoms with E-state index in [-0.39, 0.29) is 5.91 Å². The first kappa shape index (κ1) is 15.7. The minimum atomic E-state index is -0.127. The number of hydrazone groups is 1. The number of nitrogens with one attached hydrogen (secondary N) is 1. The minimum absolute atomic E-state index is 0.127. The lowest BCUT2D eigenvalue weighted by atomic mass is 10.0. The average molecular weight is 314 g/mol. The highest BCUT2D eigenvalue weighted by atomic mass is 16.2. The van der Waals surface area contributed by atoms with Crippen LogP contribution in [0.15, 0.2) is 90.0 Å². The van der Waals surface area contributed by atoms with E-state index in [0.717, 1.165) is 16.7 Å². The fourth-order valence-corrected chi connectivity index (χ4v) is 2.39. The van der Waals surface area contributed by atoms with Gasteiger partial charge < -0.3 is 0 Å². The molecule has 0 saturated carbocycles. The summed E-state index contributed by atoms with van der Waals surface area (Å²) in [7, 11) is 0. The molecule has 0 aliphatic heterocycles. The van der Waals surface area contributed by atoms with E-state index in [0.29, 0.717) is 6.42 Å². The number of hydrogen-bond acceptors (Lipinski definition) is 2. The summed E-state index contributed by atoms with van der Waals surface area (Å²) in [5.41, 5.74) is 6.80. The lowest BCUT2D eigenvalue weighted by Crippen LogP contribution is -2.19. The summed E-state index contributed by atoms with van der Waals surface area (Å²) in [5, 5.41) is 4.02. The molecule has 0 bridgehead atoms. The molecule has 3 aromatic rings. The highest BCUT2D eigenvalue weighted by Gasteiger charge is 2.01. The highest BCUT2D eigenvalue weighted by Crippen LogP contribution is 2.18. The van der Waals surface area contributed by atoms with Crippen molar-refractivity contribution >= 4 is 12.1 Å². The van der Waals surface area contributed by atoms with Crippen LogP contribution in [0.25, 0.3) is 11.1 Å². The maximum Gasteiger partial charge on any atom is 0.244 e. The molecule has 0 aliphatic carbocycles. The standard InChI is InChI=1S/C21H18N2O/c24-21(15-17-7-3-1-4-8-17)23-22-16-18-11-13-20(14-12-18)19-9-5-2-6-10-19/h1-14,16H,15H2,(H,23,24). The number of rotatable bonds is 5. The first-order valence-electron chi connectivity index (χ1n) is 7.82. The van der Waals surface area contributed by atoms with E-state index in [1.807, 2.05) is 72.8 Å². The molecule has 0 unspecified atom stereocenters. The van der Waals surface area contributed by atoms with Crippen molar-refractivity contribution in [2.24, 2.45) is 5.10 Å². The molecule has 0 radical (unpaired) electrons. The van der Waals surface area contributed by atoms with Crippen LogP contribution in [0.4, 0.5) is 0 Å². The second-order valence-corrected chi connectivity index (χ2v) is 5.44. The Morgan fingerprint density at radius 3 is 2.04 bits per heavy atom. The van der Waals surface area contributed by atoms with Gasteiger partial charge in [-0.1, -0.05) is 84.9 Å². The van der Waals surface area contributed by atoms with Crippen LogP contribution in [-0.4, -0.2) is 12.1 Å². The number of nitrogens with zero attached hydrogens (tertiary/aromatic N) is 1. The molecule has 0 spiro atoms. The third-order valence-corrected chi connectivity index (χ3v) is 3.63. The quantitative estimate of drug-likeness (QED) is 0.560. The van der Waals surface area contributed by atoms with Crippen LogP contribution >= 0.6 is 0 Å². The Kier molecular flexibility index (Phi) is 5.15. The highest BCUT2D eigenvalue weighted by molar-refractivity contribution is 5.84. The molecule has 3 nitrogen and oxygen atoms in total. The molecule has 0 aromatic heterocycles. The molecule has 3 rings (SSSR count). The van der Waals surface area contributed by atoms with Gasteiger partial charge in [-0.2, -0.15) is 5.10 Å². The SMILES string of the molecule is O=C(Cc1ccccc1)NN=Cc1ccc(-c2ccccc2)cc1. The van der Waals surface area contributed by atoms with E-state index in [1.54, 1.807) is 6.21 Å². The maximum absolute atomic E-state index is 11.8. The molecule has 0 saturated heterocycles. The molecule has 0 heterocycles. The van der Waals surface area contributed by atoms with E-state index >= 15 is 0 Å². The molecule has 1 N–H and O–H groups in total. The zero-order valence-corrected chi connectivity index (χ0v) is 13.2.